The molecule has 2 aromatic rings. The summed E-state index contributed by atoms with van der Waals surface area (Å²) < 4.78 is 0. The molecule has 0 amide bonds. The molecular weight excluding hydrogens is 248 g/mol. The molecule has 0 fully saturated rings. The Kier molecular flexibility index (Phi) is 7.17. The maximum absolute atomic E-state index is 5.65. The molecule has 0 saturated carbocycles. The first-order valence-corrected chi connectivity index (χ1v) is 6.75. The van der Waals surface area contributed by atoms with E-state index in [-0.39, 0.29) is 0 Å². The first-order valence-electron chi connectivity index (χ1n) is 6.75. The highest BCUT2D eigenvalue weighted by atomic mass is 14.6. The van der Waals surface area contributed by atoms with Gasteiger partial charge in [-0.3, -0.25) is 0 Å². The molecule has 4 nitrogen and oxygen atoms in total. The molecule has 0 radical (unpaired) electrons. The van der Waals surface area contributed by atoms with Crippen LogP contribution in [0.4, 0.5) is 11.4 Å². The minimum Gasteiger partial charge on any atom is -0.399 e. The summed E-state index contributed by atoms with van der Waals surface area (Å²) in [6, 6.07) is 15.6. The first kappa shape index (κ1) is 16.0. The molecule has 0 aliphatic carbocycles. The summed E-state index contributed by atoms with van der Waals surface area (Å²) in [7, 11) is 0. The van der Waals surface area contributed by atoms with Crippen LogP contribution < -0.4 is 22.9 Å². The first-order chi connectivity index (χ1) is 9.67. The standard InChI is InChI=1S/2C8H12N2/c9-5-4-7-2-1-3-8(10)6-7;9-6-5-7-3-1-2-4-8(7)10/h1-3,6H,4-5,9-10H2;1-4H,5-6,9-10H2. The quantitative estimate of drug-likeness (QED) is 0.634. The Morgan fingerprint density at radius 1 is 0.750 bits per heavy atom. The summed E-state index contributed by atoms with van der Waals surface area (Å²) in [5, 5.41) is 0. The number of benzene rings is 2. The van der Waals surface area contributed by atoms with Crippen molar-refractivity contribution in [1.82, 2.24) is 0 Å². The van der Waals surface area contributed by atoms with E-state index in [2.05, 4.69) is 0 Å². The second-order valence-corrected chi connectivity index (χ2v) is 4.52. The van der Waals surface area contributed by atoms with Crippen molar-refractivity contribution in [3.05, 3.63) is 59.7 Å². The minimum absolute atomic E-state index is 0.661. The Labute approximate surface area is 120 Å². The SMILES string of the molecule is NCCc1cccc(N)c1.NCCc1ccccc1N. The molecule has 2 aromatic carbocycles. The molecule has 0 bridgehead atoms. The van der Waals surface area contributed by atoms with Crippen molar-refractivity contribution in [2.75, 3.05) is 24.6 Å². The Morgan fingerprint density at radius 2 is 1.45 bits per heavy atom. The van der Waals surface area contributed by atoms with Gasteiger partial charge in [0.15, 0.2) is 0 Å². The van der Waals surface area contributed by atoms with Crippen molar-refractivity contribution in [3.63, 3.8) is 0 Å². The van der Waals surface area contributed by atoms with Gasteiger partial charge in [-0.25, -0.2) is 0 Å². The van der Waals surface area contributed by atoms with Gasteiger partial charge in [-0.2, -0.15) is 0 Å². The van der Waals surface area contributed by atoms with Gasteiger partial charge in [-0.1, -0.05) is 30.3 Å². The van der Waals surface area contributed by atoms with Crippen LogP contribution in [0.15, 0.2) is 48.5 Å². The zero-order valence-corrected chi connectivity index (χ0v) is 11.8. The summed E-state index contributed by atoms with van der Waals surface area (Å²) in [6.45, 7) is 1.34. The highest BCUT2D eigenvalue weighted by Crippen LogP contribution is 2.09. The van der Waals surface area contributed by atoms with E-state index in [1.54, 1.807) is 0 Å². The van der Waals surface area contributed by atoms with Crippen LogP contribution in [0, 0.1) is 0 Å². The molecule has 108 valence electrons. The summed E-state index contributed by atoms with van der Waals surface area (Å²) in [6.07, 6.45) is 1.78. The van der Waals surface area contributed by atoms with Gasteiger partial charge in [0, 0.05) is 11.4 Å². The van der Waals surface area contributed by atoms with Crippen molar-refractivity contribution in [3.8, 4) is 0 Å². The van der Waals surface area contributed by atoms with Gasteiger partial charge in [-0.15, -0.1) is 0 Å². The van der Waals surface area contributed by atoms with Crippen LogP contribution in [0.2, 0.25) is 0 Å². The fraction of sp³-hybridized carbons (Fsp3) is 0.250. The van der Waals surface area contributed by atoms with Crippen molar-refractivity contribution in [2.45, 2.75) is 12.8 Å². The minimum atomic E-state index is 0.661. The summed E-state index contributed by atoms with van der Waals surface area (Å²) >= 11 is 0. The molecule has 4 heteroatoms. The maximum Gasteiger partial charge on any atom is 0.0347 e. The van der Waals surface area contributed by atoms with Crippen molar-refractivity contribution >= 4 is 11.4 Å². The molecule has 0 saturated heterocycles. The number of nitrogens with two attached hydrogens (primary N) is 4. The molecule has 2 rings (SSSR count). The van der Waals surface area contributed by atoms with Crippen molar-refractivity contribution in [1.29, 1.82) is 0 Å². The molecule has 0 aliphatic heterocycles. The van der Waals surface area contributed by atoms with Gasteiger partial charge in [0.1, 0.15) is 0 Å². The Hall–Kier alpha value is -2.04. The number of anilines is 2. The monoisotopic (exact) mass is 272 g/mol. The van der Waals surface area contributed by atoms with Gasteiger partial charge in [0.2, 0.25) is 0 Å². The van der Waals surface area contributed by atoms with Crippen molar-refractivity contribution < 1.29 is 0 Å². The lowest BCUT2D eigenvalue weighted by Crippen LogP contribution is -2.04. The van der Waals surface area contributed by atoms with E-state index >= 15 is 0 Å². The fourth-order valence-electron chi connectivity index (χ4n) is 1.83. The smallest absolute Gasteiger partial charge is 0.0347 e. The zero-order chi connectivity index (χ0) is 14.8. The maximum atomic E-state index is 5.65. The largest absolute Gasteiger partial charge is 0.399 e. The normalized spacial score (nSPS) is 9.70. The number of para-hydroxylation sites is 1. The fourth-order valence-corrected chi connectivity index (χ4v) is 1.83. The number of hydrogen-bond donors (Lipinski definition) is 4. The van der Waals surface area contributed by atoms with E-state index < -0.39 is 0 Å². The lowest BCUT2D eigenvalue weighted by atomic mass is 10.1. The number of hydrogen-bond acceptors (Lipinski definition) is 4. The number of rotatable bonds is 4. The van der Waals surface area contributed by atoms with Gasteiger partial charge in [0.05, 0.1) is 0 Å². The Bertz CT molecular complexity index is 511. The second-order valence-electron chi connectivity index (χ2n) is 4.52. The predicted molar refractivity (Wildman–Crippen MR) is 87.2 cm³/mol. The number of nitrogen functional groups attached to an aromatic ring is 2. The predicted octanol–water partition coefficient (Wildman–Crippen LogP) is 1.54. The Balaban J connectivity index is 0.000000200. The summed E-state index contributed by atoms with van der Waals surface area (Å²) in [5.41, 5.74) is 25.9. The van der Waals surface area contributed by atoms with E-state index in [1.165, 1.54) is 5.56 Å². The summed E-state index contributed by atoms with van der Waals surface area (Å²) in [5.74, 6) is 0. The van der Waals surface area contributed by atoms with Gasteiger partial charge in [0.25, 0.3) is 0 Å². The molecule has 0 atom stereocenters. The molecule has 0 aromatic heterocycles. The van der Waals surface area contributed by atoms with E-state index in [0.29, 0.717) is 13.1 Å². The van der Waals surface area contributed by atoms with Crippen LogP contribution in [0.1, 0.15) is 11.1 Å². The average Bonchev–Trinajstić information content (AvgIpc) is 2.43. The Morgan fingerprint density at radius 3 is 2.05 bits per heavy atom. The third kappa shape index (κ3) is 5.73. The molecule has 0 aliphatic rings. The highest BCUT2D eigenvalue weighted by molar-refractivity contribution is 5.46. The average molecular weight is 272 g/mol. The van der Waals surface area contributed by atoms with E-state index in [4.69, 9.17) is 22.9 Å². The molecule has 0 heterocycles. The highest BCUT2D eigenvalue weighted by Gasteiger charge is 1.93. The van der Waals surface area contributed by atoms with Crippen LogP contribution in [0.5, 0.6) is 0 Å². The lowest BCUT2D eigenvalue weighted by Gasteiger charge is -2.01. The molecule has 8 N–H and O–H groups in total. The van der Waals surface area contributed by atoms with Crippen LogP contribution in [-0.2, 0) is 12.8 Å². The molecule has 0 spiro atoms. The van der Waals surface area contributed by atoms with Crippen LogP contribution in [0.25, 0.3) is 0 Å². The summed E-state index contributed by atoms with van der Waals surface area (Å²) in [4.78, 5) is 0. The lowest BCUT2D eigenvalue weighted by molar-refractivity contribution is 0.969. The van der Waals surface area contributed by atoms with Crippen LogP contribution in [-0.4, -0.2) is 13.1 Å². The van der Waals surface area contributed by atoms with Crippen molar-refractivity contribution in [2.24, 2.45) is 11.5 Å². The van der Waals surface area contributed by atoms with Gasteiger partial charge in [-0.05, 0) is 55.3 Å². The third-order valence-electron chi connectivity index (χ3n) is 2.85. The zero-order valence-electron chi connectivity index (χ0n) is 11.8. The second kappa shape index (κ2) is 8.96. The molecule has 0 unspecified atom stereocenters. The molecular formula is C16H24N4. The molecule has 20 heavy (non-hydrogen) atoms. The van der Waals surface area contributed by atoms with Crippen LogP contribution >= 0.6 is 0 Å². The third-order valence-corrected chi connectivity index (χ3v) is 2.85. The van der Waals surface area contributed by atoms with Crippen LogP contribution in [0.3, 0.4) is 0 Å². The topological polar surface area (TPSA) is 104 Å². The van der Waals surface area contributed by atoms with Gasteiger partial charge >= 0.3 is 0 Å². The van der Waals surface area contributed by atoms with E-state index in [1.807, 2.05) is 48.5 Å². The van der Waals surface area contributed by atoms with E-state index in [0.717, 1.165) is 29.8 Å². The van der Waals surface area contributed by atoms with E-state index in [9.17, 15) is 0 Å². The van der Waals surface area contributed by atoms with Gasteiger partial charge < -0.3 is 22.9 Å².